The van der Waals surface area contributed by atoms with Crippen LogP contribution in [0.15, 0.2) is 54.7 Å². The highest BCUT2D eigenvalue weighted by molar-refractivity contribution is 9.10. The van der Waals surface area contributed by atoms with Gasteiger partial charge in [-0.3, -0.25) is 9.59 Å². The molecule has 1 aromatic carbocycles. The van der Waals surface area contributed by atoms with Crippen LogP contribution in [0.1, 0.15) is 16.4 Å². The van der Waals surface area contributed by atoms with Gasteiger partial charge >= 0.3 is 0 Å². The van der Waals surface area contributed by atoms with Crippen LogP contribution < -0.4 is 10.9 Å². The predicted octanol–water partition coefficient (Wildman–Crippen LogP) is 2.21. The Hall–Kier alpha value is -3.27. The summed E-state index contributed by atoms with van der Waals surface area (Å²) >= 11 is 3.20. The molecule has 0 radical (unpaired) electrons. The number of nitrogens with one attached hydrogen (secondary N) is 1. The molecule has 0 aliphatic carbocycles. The zero-order chi connectivity index (χ0) is 19.0. The minimum atomic E-state index is -0.397. The van der Waals surface area contributed by atoms with Crippen LogP contribution >= 0.6 is 15.9 Å². The molecule has 0 saturated heterocycles. The molecule has 3 aromatic heterocycles. The first-order valence-corrected chi connectivity index (χ1v) is 8.66. The molecule has 9 nitrogen and oxygen atoms in total. The van der Waals surface area contributed by atoms with Gasteiger partial charge in [0.15, 0.2) is 16.1 Å². The second-order valence-electron chi connectivity index (χ2n) is 5.54. The molecule has 136 valence electrons. The number of furan rings is 1. The first-order chi connectivity index (χ1) is 13.1. The van der Waals surface area contributed by atoms with Gasteiger partial charge in [-0.25, -0.2) is 4.68 Å². The summed E-state index contributed by atoms with van der Waals surface area (Å²) in [7, 11) is 1.50. The second-order valence-corrected chi connectivity index (χ2v) is 6.32. The van der Waals surface area contributed by atoms with E-state index in [0.717, 1.165) is 4.68 Å². The van der Waals surface area contributed by atoms with Crippen LogP contribution in [0.2, 0.25) is 0 Å². The maximum atomic E-state index is 12.7. The Kier molecular flexibility index (Phi) is 4.32. The van der Waals surface area contributed by atoms with Gasteiger partial charge in [0.2, 0.25) is 5.89 Å². The van der Waals surface area contributed by atoms with Crippen LogP contribution in [0.4, 0.5) is 0 Å². The molecule has 3 heterocycles. The van der Waals surface area contributed by atoms with Crippen LogP contribution in [0, 0.1) is 0 Å². The number of benzene rings is 1. The largest absolute Gasteiger partial charge is 0.444 e. The second kappa shape index (κ2) is 6.80. The van der Waals surface area contributed by atoms with E-state index in [9.17, 15) is 9.59 Å². The molecule has 0 aliphatic heterocycles. The molecule has 1 amide bonds. The highest BCUT2D eigenvalue weighted by Gasteiger charge is 2.18. The van der Waals surface area contributed by atoms with E-state index in [1.165, 1.54) is 7.05 Å². The Morgan fingerprint density at radius 1 is 1.15 bits per heavy atom. The standard InChI is InChI=1S/C17H12BrN5O4/c1-19-15(24)14-9-4-2-3-5-10(9)17(25)23(22-14)8-13-20-21-16(27-13)11-6-7-12(18)26-11/h2-7H,8H2,1H3,(H,19,24). The summed E-state index contributed by atoms with van der Waals surface area (Å²) in [4.78, 5) is 24.9. The van der Waals surface area contributed by atoms with Crippen molar-refractivity contribution < 1.29 is 13.6 Å². The normalized spacial score (nSPS) is 11.0. The average Bonchev–Trinajstić information content (AvgIpc) is 3.32. The molecule has 0 unspecified atom stereocenters. The van der Waals surface area contributed by atoms with E-state index in [-0.39, 0.29) is 29.6 Å². The number of aromatic nitrogens is 4. The van der Waals surface area contributed by atoms with Crippen LogP contribution in [-0.2, 0) is 6.54 Å². The van der Waals surface area contributed by atoms with Gasteiger partial charge in [-0.05, 0) is 34.1 Å². The summed E-state index contributed by atoms with van der Waals surface area (Å²) in [5, 5.41) is 15.4. The smallest absolute Gasteiger partial charge is 0.283 e. The van der Waals surface area contributed by atoms with E-state index in [1.54, 1.807) is 36.4 Å². The number of halogens is 1. The summed E-state index contributed by atoms with van der Waals surface area (Å²) < 4.78 is 12.6. The van der Waals surface area contributed by atoms with Gasteiger partial charge in [-0.1, -0.05) is 18.2 Å². The lowest BCUT2D eigenvalue weighted by atomic mass is 10.1. The maximum Gasteiger partial charge on any atom is 0.283 e. The van der Waals surface area contributed by atoms with Gasteiger partial charge in [-0.15, -0.1) is 10.2 Å². The van der Waals surface area contributed by atoms with Crippen LogP contribution in [0.5, 0.6) is 0 Å². The van der Waals surface area contributed by atoms with Crippen molar-refractivity contribution in [3.8, 4) is 11.7 Å². The summed E-state index contributed by atoms with van der Waals surface area (Å²) in [6, 6.07) is 10.2. The SMILES string of the molecule is CNC(=O)c1nn(Cc2nnc(-c3ccc(Br)o3)o2)c(=O)c2ccccc12. The Morgan fingerprint density at radius 3 is 2.63 bits per heavy atom. The summed E-state index contributed by atoms with van der Waals surface area (Å²) in [6.07, 6.45) is 0. The number of rotatable bonds is 4. The highest BCUT2D eigenvalue weighted by atomic mass is 79.9. The Balaban J connectivity index is 1.76. The van der Waals surface area contributed by atoms with E-state index in [1.807, 2.05) is 0 Å². The number of fused-ring (bicyclic) bond motifs is 1. The lowest BCUT2D eigenvalue weighted by Gasteiger charge is -2.08. The first kappa shape index (κ1) is 17.2. The molecule has 0 bridgehead atoms. The molecule has 4 aromatic rings. The monoisotopic (exact) mass is 429 g/mol. The fourth-order valence-electron chi connectivity index (χ4n) is 2.60. The maximum absolute atomic E-state index is 12.7. The quantitative estimate of drug-likeness (QED) is 0.528. The number of nitrogens with zero attached hydrogens (tertiary/aromatic N) is 4. The highest BCUT2D eigenvalue weighted by Crippen LogP contribution is 2.24. The number of carbonyl (C=O) groups excluding carboxylic acids is 1. The number of hydrogen-bond acceptors (Lipinski definition) is 7. The predicted molar refractivity (Wildman–Crippen MR) is 98.2 cm³/mol. The first-order valence-electron chi connectivity index (χ1n) is 7.87. The van der Waals surface area contributed by atoms with Crippen molar-refractivity contribution in [2.75, 3.05) is 7.05 Å². The summed E-state index contributed by atoms with van der Waals surface area (Å²) in [5.41, 5.74) is -0.221. The Bertz CT molecular complexity index is 1210. The van der Waals surface area contributed by atoms with Gasteiger partial charge in [0.05, 0.1) is 5.39 Å². The number of amides is 1. The lowest BCUT2D eigenvalue weighted by Crippen LogP contribution is -2.29. The lowest BCUT2D eigenvalue weighted by molar-refractivity contribution is 0.0957. The summed E-state index contributed by atoms with van der Waals surface area (Å²) in [6.45, 7) is -0.0808. The molecule has 0 saturated carbocycles. The Morgan fingerprint density at radius 2 is 1.93 bits per heavy atom. The molecular weight excluding hydrogens is 418 g/mol. The number of hydrogen-bond donors (Lipinski definition) is 1. The van der Waals surface area contributed by atoms with Crippen molar-refractivity contribution >= 4 is 32.6 Å². The van der Waals surface area contributed by atoms with Crippen molar-refractivity contribution in [3.05, 3.63) is 63.0 Å². The van der Waals surface area contributed by atoms with E-state index in [0.29, 0.717) is 21.2 Å². The van der Waals surface area contributed by atoms with Crippen molar-refractivity contribution in [2.24, 2.45) is 0 Å². The zero-order valence-corrected chi connectivity index (χ0v) is 15.6. The van der Waals surface area contributed by atoms with E-state index < -0.39 is 5.91 Å². The van der Waals surface area contributed by atoms with Crippen LogP contribution in [-0.4, -0.2) is 32.9 Å². The van der Waals surface area contributed by atoms with Crippen LogP contribution in [0.3, 0.4) is 0 Å². The molecule has 0 spiro atoms. The molecule has 0 atom stereocenters. The van der Waals surface area contributed by atoms with E-state index in [2.05, 4.69) is 36.5 Å². The van der Waals surface area contributed by atoms with E-state index in [4.69, 9.17) is 8.83 Å². The topological polar surface area (TPSA) is 116 Å². The molecule has 10 heteroatoms. The van der Waals surface area contributed by atoms with Gasteiger partial charge in [0.1, 0.15) is 6.54 Å². The summed E-state index contributed by atoms with van der Waals surface area (Å²) in [5.74, 6) is 0.332. The van der Waals surface area contributed by atoms with Crippen molar-refractivity contribution in [1.29, 1.82) is 0 Å². The van der Waals surface area contributed by atoms with Gasteiger partial charge in [0.25, 0.3) is 17.4 Å². The third-order valence-corrected chi connectivity index (χ3v) is 4.27. The van der Waals surface area contributed by atoms with Gasteiger partial charge in [-0.2, -0.15) is 5.10 Å². The van der Waals surface area contributed by atoms with E-state index >= 15 is 0 Å². The van der Waals surface area contributed by atoms with Gasteiger partial charge < -0.3 is 14.2 Å². The van der Waals surface area contributed by atoms with Crippen molar-refractivity contribution in [3.63, 3.8) is 0 Å². The molecular formula is C17H12BrN5O4. The third-order valence-electron chi connectivity index (χ3n) is 3.85. The fourth-order valence-corrected chi connectivity index (χ4v) is 2.91. The Labute approximate surface area is 160 Å². The van der Waals surface area contributed by atoms with Gasteiger partial charge in [0, 0.05) is 12.4 Å². The zero-order valence-electron chi connectivity index (χ0n) is 14.0. The van der Waals surface area contributed by atoms with Crippen LogP contribution in [0.25, 0.3) is 22.4 Å². The number of carbonyl (C=O) groups is 1. The minimum Gasteiger partial charge on any atom is -0.444 e. The molecule has 1 N–H and O–H groups in total. The molecule has 27 heavy (non-hydrogen) atoms. The van der Waals surface area contributed by atoms with Crippen molar-refractivity contribution in [1.82, 2.24) is 25.3 Å². The third kappa shape index (κ3) is 3.14. The molecule has 0 aliphatic rings. The molecule has 4 rings (SSSR count). The molecule has 0 fully saturated rings. The average molecular weight is 430 g/mol. The fraction of sp³-hybridized carbons (Fsp3) is 0.118. The minimum absolute atomic E-state index is 0.0808. The van der Waals surface area contributed by atoms with Crippen molar-refractivity contribution in [2.45, 2.75) is 6.54 Å².